The molecular formula is C50H39NOSSi. The average Bonchev–Trinajstić information content (AvgIpc) is 3.77. The molecule has 0 radical (unpaired) electrons. The molecule has 1 aromatic heterocycles. The monoisotopic (exact) mass is 729 g/mol. The van der Waals surface area contributed by atoms with Crippen LogP contribution in [0.4, 0.5) is 17.1 Å². The molecule has 0 saturated heterocycles. The Kier molecular flexibility index (Phi) is 6.66. The van der Waals surface area contributed by atoms with Gasteiger partial charge < -0.3 is 9.32 Å². The van der Waals surface area contributed by atoms with Crippen molar-refractivity contribution in [3.63, 3.8) is 0 Å². The van der Waals surface area contributed by atoms with E-state index in [1.807, 2.05) is 0 Å². The van der Waals surface area contributed by atoms with E-state index in [2.05, 4.69) is 194 Å². The highest BCUT2D eigenvalue weighted by molar-refractivity contribution is 8.33. The lowest BCUT2D eigenvalue weighted by molar-refractivity contribution is 0.670. The summed E-state index contributed by atoms with van der Waals surface area (Å²) in [6.45, 7) is 5.00. The first-order valence-electron chi connectivity index (χ1n) is 18.7. The fraction of sp³-hybridized carbons (Fsp3) is 0.0800. The summed E-state index contributed by atoms with van der Waals surface area (Å²) in [7, 11) is -3.19. The van der Waals surface area contributed by atoms with Gasteiger partial charge in [0.25, 0.3) is 0 Å². The summed E-state index contributed by atoms with van der Waals surface area (Å²) in [5, 5.41) is 7.80. The van der Waals surface area contributed by atoms with Crippen LogP contribution in [0.25, 0.3) is 66.1 Å². The number of benzene rings is 8. The van der Waals surface area contributed by atoms with Gasteiger partial charge in [0.05, 0.1) is 0 Å². The summed E-state index contributed by atoms with van der Waals surface area (Å²) in [6.07, 6.45) is 4.87. The Morgan fingerprint density at radius 3 is 2.07 bits per heavy atom. The predicted octanol–water partition coefficient (Wildman–Crippen LogP) is 13.1. The molecule has 0 atom stereocenters. The molecule has 0 saturated carbocycles. The van der Waals surface area contributed by atoms with Gasteiger partial charge in [-0.05, 0) is 116 Å². The molecule has 54 heavy (non-hydrogen) atoms. The van der Waals surface area contributed by atoms with Gasteiger partial charge in [-0.1, -0.05) is 122 Å². The van der Waals surface area contributed by atoms with Crippen molar-refractivity contribution in [2.75, 3.05) is 17.4 Å². The van der Waals surface area contributed by atoms with E-state index in [0.717, 1.165) is 16.9 Å². The van der Waals surface area contributed by atoms with Gasteiger partial charge in [-0.2, -0.15) is 10.0 Å². The van der Waals surface area contributed by atoms with Crippen LogP contribution in [0.15, 0.2) is 178 Å². The molecule has 0 fully saturated rings. The molecule has 0 amide bonds. The van der Waals surface area contributed by atoms with E-state index in [4.69, 9.17) is 4.42 Å². The minimum atomic E-state index is -2.09. The van der Waals surface area contributed by atoms with Crippen LogP contribution in [0.3, 0.4) is 0 Å². The topological polar surface area (TPSA) is 16.4 Å². The minimum absolute atomic E-state index is 0.950. The van der Waals surface area contributed by atoms with Gasteiger partial charge in [0.1, 0.15) is 19.2 Å². The van der Waals surface area contributed by atoms with Crippen LogP contribution in [0.2, 0.25) is 13.1 Å². The Hall–Kier alpha value is -5.81. The molecule has 260 valence electrons. The zero-order valence-electron chi connectivity index (χ0n) is 30.9. The SMILES string of the molecule is C[Si]1(C)c2cc(N(c3cccc(-c4cccc5ccccc45)c3)c3ccc4c(c3)-c3ccccc3S4(C)C)ccc2-c2c1ccc1c2oc2ccccc21. The summed E-state index contributed by atoms with van der Waals surface area (Å²) < 4.78 is 6.65. The van der Waals surface area contributed by atoms with Crippen molar-refractivity contribution < 1.29 is 4.42 Å². The summed E-state index contributed by atoms with van der Waals surface area (Å²) in [5.74, 6) is 0. The molecule has 2 aliphatic heterocycles. The Labute approximate surface area is 318 Å². The van der Waals surface area contributed by atoms with Crippen molar-refractivity contribution in [2.24, 2.45) is 0 Å². The molecule has 2 aliphatic rings. The molecule has 11 rings (SSSR count). The van der Waals surface area contributed by atoms with Crippen molar-refractivity contribution in [1.29, 1.82) is 0 Å². The normalized spacial score (nSPS) is 15.2. The zero-order chi connectivity index (χ0) is 36.3. The maximum Gasteiger partial charge on any atom is 0.143 e. The van der Waals surface area contributed by atoms with E-state index >= 15 is 0 Å². The number of furan rings is 1. The number of hydrogen-bond acceptors (Lipinski definition) is 2. The van der Waals surface area contributed by atoms with Crippen molar-refractivity contribution in [1.82, 2.24) is 0 Å². The van der Waals surface area contributed by atoms with Crippen molar-refractivity contribution in [2.45, 2.75) is 22.9 Å². The van der Waals surface area contributed by atoms with E-state index in [9.17, 15) is 0 Å². The van der Waals surface area contributed by atoms with Gasteiger partial charge in [0, 0.05) is 43.2 Å². The van der Waals surface area contributed by atoms with Gasteiger partial charge >= 0.3 is 0 Å². The first kappa shape index (κ1) is 31.7. The van der Waals surface area contributed by atoms with Gasteiger partial charge in [-0.15, -0.1) is 0 Å². The van der Waals surface area contributed by atoms with E-state index in [-0.39, 0.29) is 0 Å². The van der Waals surface area contributed by atoms with Crippen LogP contribution in [0.5, 0.6) is 0 Å². The van der Waals surface area contributed by atoms with Crippen LogP contribution in [-0.2, 0) is 0 Å². The number of fused-ring (bicyclic) bond motifs is 11. The number of hydrogen-bond donors (Lipinski definition) is 0. The third-order valence-electron chi connectivity index (χ3n) is 12.1. The highest BCUT2D eigenvalue weighted by Crippen LogP contribution is 2.67. The molecule has 0 spiro atoms. The number of nitrogens with zero attached hydrogens (tertiary/aromatic N) is 1. The van der Waals surface area contributed by atoms with E-state index in [1.54, 1.807) is 0 Å². The molecule has 0 unspecified atom stereocenters. The predicted molar refractivity (Wildman–Crippen MR) is 235 cm³/mol. The van der Waals surface area contributed by atoms with Crippen LogP contribution in [0, 0.1) is 0 Å². The van der Waals surface area contributed by atoms with Gasteiger partial charge in [0.2, 0.25) is 0 Å². The maximum absolute atomic E-state index is 6.65. The lowest BCUT2D eigenvalue weighted by Crippen LogP contribution is -2.49. The van der Waals surface area contributed by atoms with Crippen molar-refractivity contribution in [3.05, 3.63) is 164 Å². The fourth-order valence-electron chi connectivity index (χ4n) is 9.43. The highest BCUT2D eigenvalue weighted by atomic mass is 32.3. The summed E-state index contributed by atoms with van der Waals surface area (Å²) >= 11 is 0. The summed E-state index contributed by atoms with van der Waals surface area (Å²) in [5.41, 5.74) is 13.2. The Balaban J connectivity index is 1.13. The molecule has 2 nitrogen and oxygen atoms in total. The first-order valence-corrected chi connectivity index (χ1v) is 24.2. The second kappa shape index (κ2) is 11.3. The second-order valence-electron chi connectivity index (χ2n) is 15.7. The van der Waals surface area contributed by atoms with Gasteiger partial charge in [-0.25, -0.2) is 0 Å². The summed E-state index contributed by atoms with van der Waals surface area (Å²) in [4.78, 5) is 5.43. The molecular weight excluding hydrogens is 691 g/mol. The third kappa shape index (κ3) is 4.41. The Morgan fingerprint density at radius 2 is 1.17 bits per heavy atom. The molecule has 0 bridgehead atoms. The van der Waals surface area contributed by atoms with Crippen LogP contribution in [0.1, 0.15) is 0 Å². The van der Waals surface area contributed by atoms with Crippen molar-refractivity contribution in [3.8, 4) is 33.4 Å². The molecule has 9 aromatic rings. The molecule has 0 N–H and O–H groups in total. The van der Waals surface area contributed by atoms with E-state index < -0.39 is 18.1 Å². The summed E-state index contributed by atoms with van der Waals surface area (Å²) in [6, 6.07) is 61.0. The second-order valence-corrected chi connectivity index (χ2v) is 23.6. The smallest absolute Gasteiger partial charge is 0.143 e. The zero-order valence-corrected chi connectivity index (χ0v) is 32.7. The number of rotatable bonds is 4. The average molecular weight is 730 g/mol. The largest absolute Gasteiger partial charge is 0.455 e. The highest BCUT2D eigenvalue weighted by Gasteiger charge is 2.40. The molecule has 8 aromatic carbocycles. The van der Waals surface area contributed by atoms with Crippen LogP contribution >= 0.6 is 10.0 Å². The number of para-hydroxylation sites is 1. The first-order chi connectivity index (χ1) is 26.3. The van der Waals surface area contributed by atoms with Crippen LogP contribution in [-0.4, -0.2) is 20.6 Å². The lowest BCUT2D eigenvalue weighted by Gasteiger charge is -2.30. The Bertz CT molecular complexity index is 3020. The lowest BCUT2D eigenvalue weighted by atomic mass is 9.97. The van der Waals surface area contributed by atoms with Crippen molar-refractivity contribution >= 4 is 78.2 Å². The standard InChI is InChI=1S/C50H39NOSSi/c1-53(2)45-22-10-8-19-40(45)43-30-35(24-27-46(43)53)51(34-16-11-15-33(29-34)38-20-12-14-32-13-5-6-17-37(32)38)36-23-25-42-48(31-36)54(3,4)47-28-26-41-39-18-7-9-21-44(39)52-50(41)49(42)47/h5-31H,1-4H3. The maximum atomic E-state index is 6.65. The number of anilines is 3. The Morgan fingerprint density at radius 1 is 0.481 bits per heavy atom. The van der Waals surface area contributed by atoms with Gasteiger partial charge in [-0.3, -0.25) is 0 Å². The molecule has 0 aliphatic carbocycles. The van der Waals surface area contributed by atoms with Gasteiger partial charge in [0.15, 0.2) is 0 Å². The van der Waals surface area contributed by atoms with E-state index in [0.29, 0.717) is 0 Å². The van der Waals surface area contributed by atoms with Crippen LogP contribution < -0.4 is 15.3 Å². The third-order valence-corrected chi connectivity index (χ3v) is 18.6. The molecule has 3 heterocycles. The minimum Gasteiger partial charge on any atom is -0.455 e. The quantitative estimate of drug-likeness (QED) is 0.168. The van der Waals surface area contributed by atoms with E-state index in [1.165, 1.54) is 86.5 Å². The fourth-order valence-corrected chi connectivity index (χ4v) is 15.0. The molecule has 4 heteroatoms.